The van der Waals surface area contributed by atoms with E-state index >= 15 is 0 Å². The van der Waals surface area contributed by atoms with E-state index in [1.165, 1.54) is 11.4 Å². The Morgan fingerprint density at radius 2 is 2.05 bits per heavy atom. The number of hydrogen-bond acceptors (Lipinski definition) is 6. The molecule has 0 aromatic carbocycles. The second-order valence-electron chi connectivity index (χ2n) is 5.67. The number of sulfonamides is 1. The monoisotopic (exact) mass is 346 g/mol. The molecule has 0 saturated carbocycles. The Morgan fingerprint density at radius 3 is 2.55 bits per heavy atom. The van der Waals surface area contributed by atoms with E-state index in [1.54, 1.807) is 12.3 Å². The Balaban J connectivity index is 2.29. The molecule has 1 aliphatic heterocycles. The highest BCUT2D eigenvalue weighted by Gasteiger charge is 2.35. The van der Waals surface area contributed by atoms with Crippen LogP contribution >= 0.6 is 11.3 Å². The van der Waals surface area contributed by atoms with Crippen LogP contribution in [-0.4, -0.2) is 44.9 Å². The summed E-state index contributed by atoms with van der Waals surface area (Å²) < 4.78 is 31.9. The second-order valence-corrected chi connectivity index (χ2v) is 8.42. The lowest BCUT2D eigenvalue weighted by Gasteiger charge is -2.33. The van der Waals surface area contributed by atoms with Crippen LogP contribution in [0.15, 0.2) is 10.3 Å². The van der Waals surface area contributed by atoms with Crippen molar-refractivity contribution in [1.29, 1.82) is 0 Å². The normalized spacial score (nSPS) is 19.1. The minimum absolute atomic E-state index is 0.0679. The molecule has 1 aromatic heterocycles. The summed E-state index contributed by atoms with van der Waals surface area (Å²) in [5, 5.41) is 1.67. The molecule has 1 fully saturated rings. The first-order valence-electron chi connectivity index (χ1n) is 7.21. The van der Waals surface area contributed by atoms with E-state index in [2.05, 4.69) is 0 Å². The number of piperidine rings is 1. The average molecular weight is 346 g/mol. The summed E-state index contributed by atoms with van der Waals surface area (Å²) in [6, 6.07) is 0.0679. The molecule has 0 spiro atoms. The van der Waals surface area contributed by atoms with Crippen molar-refractivity contribution >= 4 is 27.3 Å². The number of nitrogens with zero attached hydrogens (tertiary/aromatic N) is 1. The van der Waals surface area contributed by atoms with Gasteiger partial charge in [0.05, 0.1) is 7.11 Å². The lowest BCUT2D eigenvalue weighted by molar-refractivity contribution is 0.0602. The first-order chi connectivity index (χ1) is 10.3. The Bertz CT molecular complexity index is 644. The summed E-state index contributed by atoms with van der Waals surface area (Å²) in [5.74, 6) is -0.266. The summed E-state index contributed by atoms with van der Waals surface area (Å²) in [6.45, 7) is 4.52. The largest absolute Gasteiger partial charge is 0.465 e. The van der Waals surface area contributed by atoms with Crippen molar-refractivity contribution in [3.63, 3.8) is 0 Å². The molecule has 1 unspecified atom stereocenters. The fourth-order valence-corrected chi connectivity index (χ4v) is 5.89. The van der Waals surface area contributed by atoms with E-state index in [1.807, 2.05) is 6.92 Å². The first kappa shape index (κ1) is 17.4. The molecule has 1 atom stereocenters. The van der Waals surface area contributed by atoms with Gasteiger partial charge in [-0.25, -0.2) is 13.2 Å². The number of methoxy groups -OCH3 is 1. The number of hydrogen-bond donors (Lipinski definition) is 1. The van der Waals surface area contributed by atoms with Crippen LogP contribution in [0.25, 0.3) is 0 Å². The van der Waals surface area contributed by atoms with Crippen LogP contribution in [0, 0.1) is 12.8 Å². The van der Waals surface area contributed by atoms with Gasteiger partial charge in [0.2, 0.25) is 10.0 Å². The molecule has 22 heavy (non-hydrogen) atoms. The van der Waals surface area contributed by atoms with Crippen molar-refractivity contribution in [3.8, 4) is 0 Å². The summed E-state index contributed by atoms with van der Waals surface area (Å²) >= 11 is 1.10. The maximum Gasteiger partial charge on any atom is 0.349 e. The van der Waals surface area contributed by atoms with Gasteiger partial charge in [-0.1, -0.05) is 0 Å². The molecule has 0 bridgehead atoms. The van der Waals surface area contributed by atoms with Crippen molar-refractivity contribution in [2.75, 3.05) is 20.2 Å². The van der Waals surface area contributed by atoms with Crippen LogP contribution in [-0.2, 0) is 14.8 Å². The lowest BCUT2D eigenvalue weighted by atomic mass is 9.92. The molecule has 2 rings (SSSR count). The van der Waals surface area contributed by atoms with Crippen molar-refractivity contribution in [3.05, 3.63) is 15.8 Å². The molecule has 124 valence electrons. The number of carbonyl (C=O) groups excluding carboxylic acids is 1. The number of carbonyl (C=O) groups is 1. The number of thiophene rings is 1. The molecule has 1 aliphatic rings. The topological polar surface area (TPSA) is 89.7 Å². The van der Waals surface area contributed by atoms with Crippen molar-refractivity contribution < 1.29 is 17.9 Å². The zero-order valence-electron chi connectivity index (χ0n) is 13.0. The Morgan fingerprint density at radius 1 is 1.45 bits per heavy atom. The van der Waals surface area contributed by atoms with Gasteiger partial charge in [0.1, 0.15) is 9.77 Å². The average Bonchev–Trinajstić information content (AvgIpc) is 2.89. The number of nitrogens with two attached hydrogens (primary N) is 1. The summed E-state index contributed by atoms with van der Waals surface area (Å²) in [4.78, 5) is 12.0. The van der Waals surface area contributed by atoms with E-state index < -0.39 is 16.0 Å². The zero-order chi connectivity index (χ0) is 16.5. The summed E-state index contributed by atoms with van der Waals surface area (Å²) in [6.07, 6.45) is 1.49. The third-order valence-corrected chi connectivity index (χ3v) is 7.42. The molecule has 2 N–H and O–H groups in total. The first-order valence-corrected chi connectivity index (χ1v) is 9.53. The number of esters is 1. The van der Waals surface area contributed by atoms with Crippen LogP contribution < -0.4 is 5.73 Å². The summed E-state index contributed by atoms with van der Waals surface area (Å²) in [7, 11) is -2.43. The van der Waals surface area contributed by atoms with Gasteiger partial charge in [-0.15, -0.1) is 11.3 Å². The van der Waals surface area contributed by atoms with Gasteiger partial charge < -0.3 is 10.5 Å². The Kier molecular flexibility index (Phi) is 5.26. The molecule has 1 saturated heterocycles. The Hall–Kier alpha value is -0.960. The molecular formula is C14H22N2O4S2. The molecule has 1 aromatic rings. The van der Waals surface area contributed by atoms with E-state index in [0.717, 1.165) is 24.2 Å². The molecule has 2 heterocycles. The van der Waals surface area contributed by atoms with Gasteiger partial charge in [-0.05, 0) is 43.6 Å². The van der Waals surface area contributed by atoms with Gasteiger partial charge in [-0.3, -0.25) is 0 Å². The highest BCUT2D eigenvalue weighted by Crippen LogP contribution is 2.32. The SMILES string of the molecule is COC(=O)c1scc(C)c1S(=O)(=O)N1CCC(C(C)N)CC1. The van der Waals surface area contributed by atoms with Crippen LogP contribution in [0.1, 0.15) is 35.0 Å². The van der Waals surface area contributed by atoms with Gasteiger partial charge >= 0.3 is 5.97 Å². The van der Waals surface area contributed by atoms with E-state index in [-0.39, 0.29) is 15.8 Å². The van der Waals surface area contributed by atoms with Gasteiger partial charge in [0.25, 0.3) is 0 Å². The standard InChI is InChI=1S/C14H22N2O4S2/c1-9-8-21-12(14(17)20-3)13(9)22(18,19)16-6-4-11(5-7-16)10(2)15/h8,10-11H,4-7,15H2,1-3H3. The van der Waals surface area contributed by atoms with Crippen LogP contribution in [0.4, 0.5) is 0 Å². The number of rotatable bonds is 4. The van der Waals surface area contributed by atoms with Crippen LogP contribution in [0.3, 0.4) is 0 Å². The zero-order valence-corrected chi connectivity index (χ0v) is 14.7. The molecular weight excluding hydrogens is 324 g/mol. The third-order valence-electron chi connectivity index (χ3n) is 4.13. The highest BCUT2D eigenvalue weighted by atomic mass is 32.2. The highest BCUT2D eigenvalue weighted by molar-refractivity contribution is 7.89. The third kappa shape index (κ3) is 3.19. The number of ether oxygens (including phenoxy) is 1. The van der Waals surface area contributed by atoms with E-state index in [4.69, 9.17) is 10.5 Å². The summed E-state index contributed by atoms with van der Waals surface area (Å²) in [5.41, 5.74) is 6.48. The van der Waals surface area contributed by atoms with Crippen molar-refractivity contribution in [1.82, 2.24) is 4.31 Å². The minimum atomic E-state index is -3.68. The van der Waals surface area contributed by atoms with E-state index in [9.17, 15) is 13.2 Å². The maximum atomic E-state index is 12.9. The van der Waals surface area contributed by atoms with Gasteiger partial charge in [-0.2, -0.15) is 4.31 Å². The van der Waals surface area contributed by atoms with Crippen molar-refractivity contribution in [2.24, 2.45) is 11.7 Å². The van der Waals surface area contributed by atoms with E-state index in [0.29, 0.717) is 24.6 Å². The number of aryl methyl sites for hydroxylation is 1. The van der Waals surface area contributed by atoms with Crippen molar-refractivity contribution in [2.45, 2.75) is 37.6 Å². The fraction of sp³-hybridized carbons (Fsp3) is 0.643. The molecule has 6 nitrogen and oxygen atoms in total. The molecule has 0 aliphatic carbocycles. The predicted molar refractivity (Wildman–Crippen MR) is 85.5 cm³/mol. The quantitative estimate of drug-likeness (QED) is 0.836. The smallest absolute Gasteiger partial charge is 0.349 e. The van der Waals surface area contributed by atoms with Gasteiger partial charge in [0.15, 0.2) is 0 Å². The van der Waals surface area contributed by atoms with Gasteiger partial charge in [0, 0.05) is 19.1 Å². The maximum absolute atomic E-state index is 12.9. The fourth-order valence-electron chi connectivity index (χ4n) is 2.76. The second kappa shape index (κ2) is 6.66. The molecule has 0 radical (unpaired) electrons. The predicted octanol–water partition coefficient (Wildman–Crippen LogP) is 1.59. The lowest BCUT2D eigenvalue weighted by Crippen LogP contribution is -2.42. The minimum Gasteiger partial charge on any atom is -0.465 e. The Labute approximate surface area is 135 Å². The van der Waals surface area contributed by atoms with Crippen LogP contribution in [0.5, 0.6) is 0 Å². The molecule has 8 heteroatoms. The molecule has 0 amide bonds. The van der Waals surface area contributed by atoms with Crippen LogP contribution in [0.2, 0.25) is 0 Å².